The molecule has 0 saturated heterocycles. The van der Waals surface area contributed by atoms with Gasteiger partial charge in [0.1, 0.15) is 0 Å². The zero-order valence-electron chi connectivity index (χ0n) is 12.6. The van der Waals surface area contributed by atoms with Crippen LogP contribution >= 0.6 is 0 Å². The molecule has 1 aromatic rings. The summed E-state index contributed by atoms with van der Waals surface area (Å²) in [5, 5.41) is 0. The lowest BCUT2D eigenvalue weighted by molar-refractivity contribution is 0.634. The highest BCUT2D eigenvalue weighted by molar-refractivity contribution is 5.47. The first-order valence-electron chi connectivity index (χ1n) is 8.05. The fraction of sp³-hybridized carbons (Fsp3) is 0.450. The first-order valence-corrected chi connectivity index (χ1v) is 8.05. The second-order valence-corrected chi connectivity index (χ2v) is 5.67. The third-order valence-electron chi connectivity index (χ3n) is 4.08. The molecule has 0 nitrogen and oxygen atoms in total. The van der Waals surface area contributed by atoms with Crippen LogP contribution in [0.15, 0.2) is 53.8 Å². The van der Waals surface area contributed by atoms with Crippen molar-refractivity contribution < 1.29 is 0 Å². The second-order valence-electron chi connectivity index (χ2n) is 5.67. The summed E-state index contributed by atoms with van der Waals surface area (Å²) in [5.41, 5.74) is 6.27. The van der Waals surface area contributed by atoms with Crippen LogP contribution in [0.3, 0.4) is 0 Å². The van der Waals surface area contributed by atoms with Crippen LogP contribution in [0.1, 0.15) is 57.4 Å². The zero-order valence-corrected chi connectivity index (χ0v) is 12.6. The van der Waals surface area contributed by atoms with E-state index in [-0.39, 0.29) is 0 Å². The van der Waals surface area contributed by atoms with E-state index < -0.39 is 0 Å². The van der Waals surface area contributed by atoms with Crippen molar-refractivity contribution in [2.75, 3.05) is 0 Å². The van der Waals surface area contributed by atoms with Crippen molar-refractivity contribution >= 4 is 6.08 Å². The van der Waals surface area contributed by atoms with Crippen molar-refractivity contribution in [1.82, 2.24) is 0 Å². The molecule has 1 unspecified atom stereocenters. The summed E-state index contributed by atoms with van der Waals surface area (Å²) in [7, 11) is 0. The molecular formula is C20H26. The maximum Gasteiger partial charge on any atom is -0.0131 e. The summed E-state index contributed by atoms with van der Waals surface area (Å²) in [4.78, 5) is 0. The Hall–Kier alpha value is -1.52. The van der Waals surface area contributed by atoms with Crippen molar-refractivity contribution in [3.8, 4) is 0 Å². The third-order valence-corrected chi connectivity index (χ3v) is 4.08. The van der Waals surface area contributed by atoms with Gasteiger partial charge in [0.25, 0.3) is 0 Å². The number of hydrogen-bond donors (Lipinski definition) is 0. The Labute approximate surface area is 123 Å². The van der Waals surface area contributed by atoms with E-state index in [2.05, 4.69) is 55.1 Å². The van der Waals surface area contributed by atoms with E-state index in [0.717, 1.165) is 12.3 Å². The molecule has 2 rings (SSSR count). The van der Waals surface area contributed by atoms with Gasteiger partial charge in [0.15, 0.2) is 0 Å². The lowest BCUT2D eigenvalue weighted by atomic mass is 9.97. The van der Waals surface area contributed by atoms with E-state index in [1.54, 1.807) is 5.57 Å². The minimum atomic E-state index is 0.781. The second kappa shape index (κ2) is 8.61. The highest BCUT2D eigenvalue weighted by Gasteiger charge is 2.18. The molecule has 0 bridgehead atoms. The average molecular weight is 266 g/mol. The molecule has 1 aliphatic carbocycles. The van der Waals surface area contributed by atoms with E-state index in [1.807, 2.05) is 6.07 Å². The topological polar surface area (TPSA) is 0 Å². The van der Waals surface area contributed by atoms with Crippen molar-refractivity contribution in [3.05, 3.63) is 59.4 Å². The molecule has 1 aromatic carbocycles. The first kappa shape index (κ1) is 14.9. The molecule has 0 amide bonds. The van der Waals surface area contributed by atoms with Crippen molar-refractivity contribution in [2.24, 2.45) is 5.92 Å². The quantitative estimate of drug-likeness (QED) is 0.328. The molecule has 20 heavy (non-hydrogen) atoms. The van der Waals surface area contributed by atoms with Gasteiger partial charge in [0, 0.05) is 0 Å². The van der Waals surface area contributed by atoms with Gasteiger partial charge in [-0.25, -0.2) is 0 Å². The Kier molecular flexibility index (Phi) is 6.41. The maximum atomic E-state index is 3.34. The highest BCUT2D eigenvalue weighted by atomic mass is 14.2. The van der Waals surface area contributed by atoms with Crippen LogP contribution in [0.2, 0.25) is 0 Å². The third kappa shape index (κ3) is 4.87. The van der Waals surface area contributed by atoms with Gasteiger partial charge in [-0.15, -0.1) is 5.73 Å². The zero-order chi connectivity index (χ0) is 14.0. The van der Waals surface area contributed by atoms with Crippen molar-refractivity contribution in [3.63, 3.8) is 0 Å². The number of unbranched alkanes of at least 4 members (excludes halogenated alkanes) is 2. The SMILES string of the molecule is CCCC/C=C1\CCCC1CC=C=Cc1ccccc1. The molecule has 0 aromatic heterocycles. The molecular weight excluding hydrogens is 240 g/mol. The van der Waals surface area contributed by atoms with Gasteiger partial charge < -0.3 is 0 Å². The van der Waals surface area contributed by atoms with Gasteiger partial charge >= 0.3 is 0 Å². The summed E-state index contributed by atoms with van der Waals surface area (Å²) in [5.74, 6) is 0.781. The number of rotatable bonds is 6. The Morgan fingerprint density at radius 1 is 1.25 bits per heavy atom. The van der Waals surface area contributed by atoms with Crippen LogP contribution in [-0.4, -0.2) is 0 Å². The molecule has 0 radical (unpaired) electrons. The van der Waals surface area contributed by atoms with Crippen molar-refractivity contribution in [1.29, 1.82) is 0 Å². The standard InChI is InChI=1S/C20H26/c1-2-3-5-14-19-16-10-17-20(19)15-9-8-13-18-11-6-4-7-12-18/h4,6-7,9,11-14,20H,2-3,5,10,15-17H2,1H3/b19-14+. The predicted octanol–water partition coefficient (Wildman–Crippen LogP) is 6.16. The molecule has 1 fully saturated rings. The van der Waals surface area contributed by atoms with E-state index in [1.165, 1.54) is 44.1 Å². The first-order chi connectivity index (χ1) is 9.90. The molecule has 1 atom stereocenters. The fourth-order valence-electron chi connectivity index (χ4n) is 2.89. The van der Waals surface area contributed by atoms with Crippen LogP contribution in [0.25, 0.3) is 6.08 Å². The summed E-state index contributed by atoms with van der Waals surface area (Å²) >= 11 is 0. The van der Waals surface area contributed by atoms with Gasteiger partial charge in [0.05, 0.1) is 0 Å². The molecule has 0 spiro atoms. The molecule has 1 saturated carbocycles. The molecule has 0 N–H and O–H groups in total. The van der Waals surface area contributed by atoms with Crippen LogP contribution in [-0.2, 0) is 0 Å². The van der Waals surface area contributed by atoms with Crippen LogP contribution in [0.5, 0.6) is 0 Å². The van der Waals surface area contributed by atoms with Gasteiger partial charge in [0.2, 0.25) is 0 Å². The number of benzene rings is 1. The van der Waals surface area contributed by atoms with E-state index in [0.29, 0.717) is 0 Å². The Morgan fingerprint density at radius 3 is 2.90 bits per heavy atom. The largest absolute Gasteiger partial charge is 0.125 e. The molecule has 0 heterocycles. The molecule has 106 valence electrons. The van der Waals surface area contributed by atoms with E-state index in [9.17, 15) is 0 Å². The monoisotopic (exact) mass is 266 g/mol. The highest BCUT2D eigenvalue weighted by Crippen LogP contribution is 2.34. The number of allylic oxidation sites excluding steroid dienone is 3. The summed E-state index contributed by atoms with van der Waals surface area (Å²) in [6.45, 7) is 2.27. The van der Waals surface area contributed by atoms with Gasteiger partial charge in [-0.1, -0.05) is 61.7 Å². The number of hydrogen-bond acceptors (Lipinski definition) is 0. The Bertz CT molecular complexity index is 472. The normalized spacial score (nSPS) is 19.9. The smallest absolute Gasteiger partial charge is 0.0131 e. The minimum absolute atomic E-state index is 0.781. The van der Waals surface area contributed by atoms with E-state index in [4.69, 9.17) is 0 Å². The van der Waals surface area contributed by atoms with Crippen LogP contribution in [0.4, 0.5) is 0 Å². The molecule has 0 aliphatic heterocycles. The van der Waals surface area contributed by atoms with E-state index >= 15 is 0 Å². The van der Waals surface area contributed by atoms with Crippen LogP contribution in [0, 0.1) is 5.92 Å². The summed E-state index contributed by atoms with van der Waals surface area (Å²) < 4.78 is 0. The lowest BCUT2D eigenvalue weighted by Gasteiger charge is -2.08. The fourth-order valence-corrected chi connectivity index (χ4v) is 2.89. The molecule has 1 aliphatic rings. The average Bonchev–Trinajstić information content (AvgIpc) is 2.93. The predicted molar refractivity (Wildman–Crippen MR) is 88.6 cm³/mol. The Morgan fingerprint density at radius 2 is 2.10 bits per heavy atom. The van der Waals surface area contributed by atoms with Crippen LogP contribution < -0.4 is 0 Å². The van der Waals surface area contributed by atoms with Crippen molar-refractivity contribution in [2.45, 2.75) is 51.9 Å². The molecule has 0 heteroatoms. The van der Waals surface area contributed by atoms with Gasteiger partial charge in [-0.05, 0) is 55.7 Å². The van der Waals surface area contributed by atoms with Gasteiger partial charge in [-0.2, -0.15) is 0 Å². The Balaban J connectivity index is 1.86. The lowest BCUT2D eigenvalue weighted by Crippen LogP contribution is -1.94. The maximum absolute atomic E-state index is 3.34. The van der Waals surface area contributed by atoms with Gasteiger partial charge in [-0.3, -0.25) is 0 Å². The summed E-state index contributed by atoms with van der Waals surface area (Å²) in [6.07, 6.45) is 15.9. The summed E-state index contributed by atoms with van der Waals surface area (Å²) in [6, 6.07) is 10.4. The minimum Gasteiger partial charge on any atom is -0.125 e.